The Morgan fingerprint density at radius 2 is 1.56 bits per heavy atom. The Morgan fingerprint density at radius 3 is 2.15 bits per heavy atom. The van der Waals surface area contributed by atoms with E-state index >= 15 is 0 Å². The summed E-state index contributed by atoms with van der Waals surface area (Å²) in [5.74, 6) is -0.165. The van der Waals surface area contributed by atoms with Gasteiger partial charge >= 0.3 is 0 Å². The molecule has 1 N–H and O–H groups in total. The fraction of sp³-hybridized carbons (Fsp3) is 0.333. The SMILES string of the molecule is CC[C@@H](C)NC(=O)[C@H](C)N(Cc1ccc(Cl)cc1)C(=O)CN(c1ccccc1OC)S(=O)(=O)c1ccc(OC)cc1. The first kappa shape index (κ1) is 31.8. The Morgan fingerprint density at radius 1 is 0.927 bits per heavy atom. The van der Waals surface area contributed by atoms with Gasteiger partial charge in [0, 0.05) is 17.6 Å². The average molecular weight is 602 g/mol. The van der Waals surface area contributed by atoms with Gasteiger partial charge in [0.2, 0.25) is 11.8 Å². The van der Waals surface area contributed by atoms with Gasteiger partial charge in [-0.1, -0.05) is 42.8 Å². The van der Waals surface area contributed by atoms with Gasteiger partial charge in [-0.05, 0) is 74.4 Å². The molecular weight excluding hydrogens is 566 g/mol. The van der Waals surface area contributed by atoms with Crippen LogP contribution in [-0.2, 0) is 26.2 Å². The number of halogens is 1. The van der Waals surface area contributed by atoms with Crippen molar-refractivity contribution in [3.05, 3.63) is 83.4 Å². The number of nitrogens with one attached hydrogen (secondary N) is 1. The van der Waals surface area contributed by atoms with Gasteiger partial charge in [-0.3, -0.25) is 13.9 Å². The van der Waals surface area contributed by atoms with Crippen molar-refractivity contribution < 1.29 is 27.5 Å². The summed E-state index contributed by atoms with van der Waals surface area (Å²) in [7, 11) is -1.35. The molecule has 0 spiro atoms. The lowest BCUT2D eigenvalue weighted by Gasteiger charge is -2.32. The number of amides is 2. The number of anilines is 1. The molecular formula is C30H36ClN3O6S. The van der Waals surface area contributed by atoms with E-state index in [1.54, 1.807) is 55.5 Å². The minimum atomic E-state index is -4.26. The van der Waals surface area contributed by atoms with Gasteiger partial charge in [0.1, 0.15) is 24.1 Å². The summed E-state index contributed by atoms with van der Waals surface area (Å²) in [6.07, 6.45) is 0.714. The van der Waals surface area contributed by atoms with E-state index in [4.69, 9.17) is 21.1 Å². The van der Waals surface area contributed by atoms with E-state index in [1.165, 1.54) is 43.4 Å². The van der Waals surface area contributed by atoms with Gasteiger partial charge in [-0.15, -0.1) is 0 Å². The average Bonchev–Trinajstić information content (AvgIpc) is 2.98. The van der Waals surface area contributed by atoms with Crippen molar-refractivity contribution in [2.24, 2.45) is 0 Å². The highest BCUT2D eigenvalue weighted by molar-refractivity contribution is 7.92. The maximum atomic E-state index is 14.0. The van der Waals surface area contributed by atoms with Crippen LogP contribution in [0.15, 0.2) is 77.7 Å². The van der Waals surface area contributed by atoms with Crippen LogP contribution in [0.1, 0.15) is 32.8 Å². The number of para-hydroxylation sites is 2. The number of hydrogen-bond acceptors (Lipinski definition) is 6. The third-order valence-corrected chi connectivity index (χ3v) is 8.74. The Labute approximate surface area is 247 Å². The highest BCUT2D eigenvalue weighted by atomic mass is 35.5. The van der Waals surface area contributed by atoms with Crippen LogP contribution in [0, 0.1) is 0 Å². The molecule has 0 saturated heterocycles. The van der Waals surface area contributed by atoms with Crippen molar-refractivity contribution in [3.63, 3.8) is 0 Å². The van der Waals surface area contributed by atoms with Crippen molar-refractivity contribution in [1.29, 1.82) is 0 Å². The van der Waals surface area contributed by atoms with Gasteiger partial charge in [-0.2, -0.15) is 0 Å². The molecule has 0 aliphatic heterocycles. The molecule has 3 rings (SSSR count). The van der Waals surface area contributed by atoms with E-state index < -0.39 is 28.5 Å². The molecule has 0 radical (unpaired) electrons. The molecule has 0 aliphatic carbocycles. The van der Waals surface area contributed by atoms with Crippen LogP contribution in [0.2, 0.25) is 5.02 Å². The predicted octanol–water partition coefficient (Wildman–Crippen LogP) is 4.88. The first-order valence-electron chi connectivity index (χ1n) is 13.2. The number of hydrogen-bond donors (Lipinski definition) is 1. The number of carbonyl (C=O) groups is 2. The summed E-state index contributed by atoms with van der Waals surface area (Å²) < 4.78 is 39.6. The zero-order valence-corrected chi connectivity index (χ0v) is 25.4. The Bertz CT molecular complexity index is 1430. The smallest absolute Gasteiger partial charge is 0.264 e. The van der Waals surface area contributed by atoms with E-state index in [-0.39, 0.29) is 34.8 Å². The standard InChI is InChI=1S/C30H36ClN3O6S/c1-6-21(2)32-30(36)22(3)33(19-23-11-13-24(31)14-12-23)29(35)20-34(27-9-7-8-10-28(27)40-5)41(37,38)26-17-15-25(39-4)16-18-26/h7-18,21-22H,6,19-20H2,1-5H3,(H,32,36)/t21-,22+/m1/s1. The third kappa shape index (κ3) is 7.92. The summed E-state index contributed by atoms with van der Waals surface area (Å²) in [6, 6.07) is 18.3. The van der Waals surface area contributed by atoms with Crippen LogP contribution >= 0.6 is 11.6 Å². The third-order valence-electron chi connectivity index (χ3n) is 6.71. The highest BCUT2D eigenvalue weighted by Crippen LogP contribution is 2.33. The van der Waals surface area contributed by atoms with Gasteiger partial charge in [0.05, 0.1) is 24.8 Å². The fourth-order valence-electron chi connectivity index (χ4n) is 4.06. The van der Waals surface area contributed by atoms with E-state index in [9.17, 15) is 18.0 Å². The first-order valence-corrected chi connectivity index (χ1v) is 15.0. The molecule has 3 aromatic carbocycles. The van der Waals surface area contributed by atoms with Crippen molar-refractivity contribution in [1.82, 2.24) is 10.2 Å². The van der Waals surface area contributed by atoms with Crippen LogP contribution in [0.5, 0.6) is 11.5 Å². The summed E-state index contributed by atoms with van der Waals surface area (Å²) >= 11 is 6.05. The topological polar surface area (TPSA) is 105 Å². The molecule has 220 valence electrons. The van der Waals surface area contributed by atoms with E-state index in [0.717, 1.165) is 9.87 Å². The lowest BCUT2D eigenvalue weighted by Crippen LogP contribution is -2.52. The second-order valence-corrected chi connectivity index (χ2v) is 11.8. The van der Waals surface area contributed by atoms with Gasteiger partial charge < -0.3 is 19.7 Å². The second kappa shape index (κ2) is 14.2. The van der Waals surface area contributed by atoms with Crippen molar-refractivity contribution in [3.8, 4) is 11.5 Å². The number of sulfonamides is 1. The molecule has 0 saturated carbocycles. The molecule has 0 aliphatic rings. The number of benzene rings is 3. The number of rotatable bonds is 13. The van der Waals surface area contributed by atoms with E-state index in [2.05, 4.69) is 5.32 Å². The lowest BCUT2D eigenvalue weighted by atomic mass is 10.1. The largest absolute Gasteiger partial charge is 0.497 e. The normalized spacial score (nSPS) is 12.6. The van der Waals surface area contributed by atoms with Crippen LogP contribution < -0.4 is 19.1 Å². The first-order chi connectivity index (χ1) is 19.5. The summed E-state index contributed by atoms with van der Waals surface area (Å²) in [4.78, 5) is 28.5. The number of methoxy groups -OCH3 is 2. The summed E-state index contributed by atoms with van der Waals surface area (Å²) in [6.45, 7) is 4.93. The van der Waals surface area contributed by atoms with Crippen molar-refractivity contribution >= 4 is 39.1 Å². The zero-order valence-electron chi connectivity index (χ0n) is 23.8. The Balaban J connectivity index is 2.06. The van der Waals surface area contributed by atoms with Gasteiger partial charge in [0.15, 0.2) is 0 Å². The molecule has 11 heteroatoms. The second-order valence-electron chi connectivity index (χ2n) is 9.50. The molecule has 0 fully saturated rings. The molecule has 2 amide bonds. The Hall–Kier alpha value is -3.76. The molecule has 3 aromatic rings. The van der Waals surface area contributed by atoms with Gasteiger partial charge in [0.25, 0.3) is 10.0 Å². The predicted molar refractivity (Wildman–Crippen MR) is 160 cm³/mol. The minimum absolute atomic E-state index is 0.0381. The van der Waals surface area contributed by atoms with Crippen molar-refractivity contribution in [2.75, 3.05) is 25.1 Å². The fourth-order valence-corrected chi connectivity index (χ4v) is 5.61. The monoisotopic (exact) mass is 601 g/mol. The molecule has 41 heavy (non-hydrogen) atoms. The van der Waals surface area contributed by atoms with E-state index in [0.29, 0.717) is 17.2 Å². The van der Waals surface area contributed by atoms with Crippen LogP contribution in [0.4, 0.5) is 5.69 Å². The molecule has 0 bridgehead atoms. The van der Waals surface area contributed by atoms with Crippen LogP contribution in [0.25, 0.3) is 0 Å². The Kier molecular flexibility index (Phi) is 11.0. The summed E-state index contributed by atoms with van der Waals surface area (Å²) in [5, 5.41) is 3.44. The number of ether oxygens (including phenoxy) is 2. The zero-order chi connectivity index (χ0) is 30.2. The van der Waals surface area contributed by atoms with Crippen LogP contribution in [-0.4, -0.2) is 58.0 Å². The quantitative estimate of drug-likeness (QED) is 0.299. The lowest BCUT2D eigenvalue weighted by molar-refractivity contribution is -0.139. The van der Waals surface area contributed by atoms with Gasteiger partial charge in [-0.25, -0.2) is 8.42 Å². The maximum absolute atomic E-state index is 14.0. The maximum Gasteiger partial charge on any atom is 0.264 e. The molecule has 2 atom stereocenters. The van der Waals surface area contributed by atoms with Crippen molar-refractivity contribution in [2.45, 2.75) is 50.7 Å². The van der Waals surface area contributed by atoms with E-state index in [1.807, 2.05) is 13.8 Å². The molecule has 0 heterocycles. The molecule has 0 unspecified atom stereocenters. The molecule has 0 aromatic heterocycles. The molecule has 9 nitrogen and oxygen atoms in total. The summed E-state index contributed by atoms with van der Waals surface area (Å²) in [5.41, 5.74) is 0.912. The number of carbonyl (C=O) groups excluding carboxylic acids is 2. The highest BCUT2D eigenvalue weighted by Gasteiger charge is 2.34. The number of nitrogens with zero attached hydrogens (tertiary/aromatic N) is 2. The van der Waals surface area contributed by atoms with Crippen LogP contribution in [0.3, 0.4) is 0 Å². The minimum Gasteiger partial charge on any atom is -0.497 e.